The molecule has 0 N–H and O–H groups in total. The lowest BCUT2D eigenvalue weighted by Gasteiger charge is -2.05. The van der Waals surface area contributed by atoms with E-state index >= 15 is 0 Å². The molecule has 2 aromatic heterocycles. The van der Waals surface area contributed by atoms with Gasteiger partial charge in [-0.25, -0.2) is 9.78 Å². The number of fused-ring (bicyclic) bond motifs is 1. The Morgan fingerprint density at radius 1 is 0.962 bits per heavy atom. The summed E-state index contributed by atoms with van der Waals surface area (Å²) in [6.45, 7) is 2.16. The Morgan fingerprint density at radius 2 is 1.69 bits per heavy atom. The molecule has 2 heterocycles. The number of aryl methyl sites for hydroxylation is 1. The molecule has 0 spiro atoms. The molecule has 0 saturated carbocycles. The predicted molar refractivity (Wildman–Crippen MR) is 101 cm³/mol. The predicted octanol–water partition coefficient (Wildman–Crippen LogP) is 4.67. The summed E-state index contributed by atoms with van der Waals surface area (Å²) in [5, 5.41) is 0. The van der Waals surface area contributed by atoms with Crippen LogP contribution in [0.2, 0.25) is 0 Å². The van der Waals surface area contributed by atoms with Gasteiger partial charge < -0.3 is 9.14 Å². The third kappa shape index (κ3) is 3.22. The van der Waals surface area contributed by atoms with Crippen molar-refractivity contribution in [2.24, 2.45) is 0 Å². The summed E-state index contributed by atoms with van der Waals surface area (Å²) in [6, 6.07) is 21.5. The van der Waals surface area contributed by atoms with E-state index in [0.29, 0.717) is 5.56 Å². The number of benzene rings is 2. The van der Waals surface area contributed by atoms with Crippen molar-refractivity contribution < 1.29 is 9.53 Å². The Bertz CT molecular complexity index is 1050. The third-order valence-electron chi connectivity index (χ3n) is 4.31. The van der Waals surface area contributed by atoms with Crippen molar-refractivity contribution in [3.8, 4) is 11.1 Å². The quantitative estimate of drug-likeness (QED) is 0.506. The van der Waals surface area contributed by atoms with Gasteiger partial charge in [-0.2, -0.15) is 0 Å². The molecule has 0 bridgehead atoms. The van der Waals surface area contributed by atoms with Crippen LogP contribution in [0.15, 0.2) is 79.1 Å². The number of nitrogens with zero attached hydrogens (tertiary/aromatic N) is 2. The van der Waals surface area contributed by atoms with Crippen molar-refractivity contribution >= 4 is 11.6 Å². The molecule has 26 heavy (non-hydrogen) atoms. The average Bonchev–Trinajstić information content (AvgIpc) is 3.11. The van der Waals surface area contributed by atoms with E-state index in [1.54, 1.807) is 12.1 Å². The molecule has 0 aliphatic rings. The second-order valence-electron chi connectivity index (χ2n) is 6.17. The molecule has 4 heteroatoms. The SMILES string of the molecule is Cc1cccn2cc(COC(=O)c3ccc(-c4ccccc4)cc3)nc12. The molecular weight excluding hydrogens is 324 g/mol. The van der Waals surface area contributed by atoms with Crippen LogP contribution in [0.4, 0.5) is 0 Å². The van der Waals surface area contributed by atoms with Crippen LogP contribution in [0.5, 0.6) is 0 Å². The molecule has 128 valence electrons. The summed E-state index contributed by atoms with van der Waals surface area (Å²) >= 11 is 0. The summed E-state index contributed by atoms with van der Waals surface area (Å²) in [6.07, 6.45) is 3.82. The molecule has 4 rings (SSSR count). The summed E-state index contributed by atoms with van der Waals surface area (Å²) in [7, 11) is 0. The van der Waals surface area contributed by atoms with Gasteiger partial charge in [-0.1, -0.05) is 48.5 Å². The van der Waals surface area contributed by atoms with Crippen molar-refractivity contribution in [2.75, 3.05) is 0 Å². The second-order valence-corrected chi connectivity index (χ2v) is 6.17. The smallest absolute Gasteiger partial charge is 0.338 e. The molecule has 0 saturated heterocycles. The first-order chi connectivity index (χ1) is 12.7. The lowest BCUT2D eigenvalue weighted by atomic mass is 10.0. The Labute approximate surface area is 151 Å². The number of rotatable bonds is 4. The second kappa shape index (κ2) is 6.84. The third-order valence-corrected chi connectivity index (χ3v) is 4.31. The highest BCUT2D eigenvalue weighted by atomic mass is 16.5. The lowest BCUT2D eigenvalue weighted by molar-refractivity contribution is 0.0468. The Kier molecular flexibility index (Phi) is 4.23. The van der Waals surface area contributed by atoms with E-state index in [-0.39, 0.29) is 12.6 Å². The van der Waals surface area contributed by atoms with E-state index in [0.717, 1.165) is 28.0 Å². The molecule has 4 nitrogen and oxygen atoms in total. The molecule has 0 unspecified atom stereocenters. The lowest BCUT2D eigenvalue weighted by Crippen LogP contribution is -2.05. The first-order valence-electron chi connectivity index (χ1n) is 8.46. The normalized spacial score (nSPS) is 10.8. The molecule has 4 aromatic rings. The number of hydrogen-bond acceptors (Lipinski definition) is 3. The van der Waals surface area contributed by atoms with Crippen LogP contribution >= 0.6 is 0 Å². The fraction of sp³-hybridized carbons (Fsp3) is 0.0909. The molecule has 0 fully saturated rings. The number of esters is 1. The maximum atomic E-state index is 12.3. The number of aromatic nitrogens is 2. The van der Waals surface area contributed by atoms with Crippen LogP contribution in [0.25, 0.3) is 16.8 Å². The van der Waals surface area contributed by atoms with E-state index < -0.39 is 0 Å². The standard InChI is InChI=1S/C22H18N2O2/c1-16-6-5-13-24-14-20(23-21(16)24)15-26-22(25)19-11-9-18(10-12-19)17-7-3-2-4-8-17/h2-14H,15H2,1H3. The van der Waals surface area contributed by atoms with Crippen molar-refractivity contribution in [1.29, 1.82) is 0 Å². The Balaban J connectivity index is 1.45. The number of pyridine rings is 1. The highest BCUT2D eigenvalue weighted by molar-refractivity contribution is 5.90. The van der Waals surface area contributed by atoms with E-state index in [4.69, 9.17) is 4.74 Å². The van der Waals surface area contributed by atoms with Crippen LogP contribution in [0, 0.1) is 6.92 Å². The van der Waals surface area contributed by atoms with Gasteiger partial charge in [0.15, 0.2) is 0 Å². The van der Waals surface area contributed by atoms with E-state index in [1.165, 1.54) is 0 Å². The molecule has 0 aliphatic heterocycles. The van der Waals surface area contributed by atoms with Gasteiger partial charge in [0.1, 0.15) is 12.3 Å². The largest absolute Gasteiger partial charge is 0.456 e. The fourth-order valence-corrected chi connectivity index (χ4v) is 2.93. The van der Waals surface area contributed by atoms with Gasteiger partial charge in [0, 0.05) is 12.4 Å². The van der Waals surface area contributed by atoms with Crippen LogP contribution in [-0.2, 0) is 11.3 Å². The number of imidazole rings is 1. The zero-order valence-corrected chi connectivity index (χ0v) is 14.4. The van der Waals surface area contributed by atoms with Crippen LogP contribution in [0.1, 0.15) is 21.6 Å². The highest BCUT2D eigenvalue weighted by Crippen LogP contribution is 2.19. The molecule has 0 atom stereocenters. The summed E-state index contributed by atoms with van der Waals surface area (Å²) in [5.74, 6) is -0.349. The highest BCUT2D eigenvalue weighted by Gasteiger charge is 2.10. The Hall–Kier alpha value is -3.40. The minimum Gasteiger partial charge on any atom is -0.456 e. The summed E-state index contributed by atoms with van der Waals surface area (Å²) in [4.78, 5) is 16.8. The van der Waals surface area contributed by atoms with Crippen molar-refractivity contribution in [3.63, 3.8) is 0 Å². The molecule has 0 radical (unpaired) electrons. The van der Waals surface area contributed by atoms with E-state index in [2.05, 4.69) is 4.98 Å². The number of ether oxygens (including phenoxy) is 1. The minimum atomic E-state index is -0.349. The van der Waals surface area contributed by atoms with E-state index in [1.807, 2.05) is 78.3 Å². The van der Waals surface area contributed by atoms with Gasteiger partial charge in [0.2, 0.25) is 0 Å². The number of hydrogen-bond donors (Lipinski definition) is 0. The molecule has 0 amide bonds. The van der Waals surface area contributed by atoms with Crippen molar-refractivity contribution in [3.05, 3.63) is 95.9 Å². The van der Waals surface area contributed by atoms with Crippen molar-refractivity contribution in [2.45, 2.75) is 13.5 Å². The summed E-state index contributed by atoms with van der Waals surface area (Å²) in [5.41, 5.74) is 5.41. The van der Waals surface area contributed by atoms with Gasteiger partial charge in [-0.3, -0.25) is 0 Å². The van der Waals surface area contributed by atoms with E-state index in [9.17, 15) is 4.79 Å². The zero-order chi connectivity index (χ0) is 17.9. The molecule has 2 aromatic carbocycles. The van der Waals surface area contributed by atoms with Gasteiger partial charge in [0.25, 0.3) is 0 Å². The fourth-order valence-electron chi connectivity index (χ4n) is 2.93. The van der Waals surface area contributed by atoms with Crippen LogP contribution < -0.4 is 0 Å². The minimum absolute atomic E-state index is 0.153. The van der Waals surface area contributed by atoms with Gasteiger partial charge in [-0.15, -0.1) is 0 Å². The average molecular weight is 342 g/mol. The van der Waals surface area contributed by atoms with Gasteiger partial charge >= 0.3 is 5.97 Å². The Morgan fingerprint density at radius 3 is 2.42 bits per heavy atom. The maximum Gasteiger partial charge on any atom is 0.338 e. The van der Waals surface area contributed by atoms with Gasteiger partial charge in [0.05, 0.1) is 11.3 Å². The summed E-state index contributed by atoms with van der Waals surface area (Å²) < 4.78 is 7.35. The van der Waals surface area contributed by atoms with Crippen molar-refractivity contribution in [1.82, 2.24) is 9.38 Å². The molecular formula is C22H18N2O2. The first-order valence-corrected chi connectivity index (χ1v) is 8.46. The first kappa shape index (κ1) is 16.1. The number of carbonyl (C=O) groups is 1. The van der Waals surface area contributed by atoms with Crippen LogP contribution in [0.3, 0.4) is 0 Å². The molecule has 0 aliphatic carbocycles. The topological polar surface area (TPSA) is 43.6 Å². The maximum absolute atomic E-state index is 12.3. The zero-order valence-electron chi connectivity index (χ0n) is 14.4. The van der Waals surface area contributed by atoms with Gasteiger partial charge in [-0.05, 0) is 41.8 Å². The number of carbonyl (C=O) groups excluding carboxylic acids is 1. The van der Waals surface area contributed by atoms with Crippen LogP contribution in [-0.4, -0.2) is 15.4 Å². The monoisotopic (exact) mass is 342 g/mol.